The second-order valence-electron chi connectivity index (χ2n) is 6.76. The maximum absolute atomic E-state index is 12.9. The van der Waals surface area contributed by atoms with Gasteiger partial charge < -0.3 is 24.3 Å². The largest absolute Gasteiger partial charge is 0.451 e. The SMILES string of the molecule is COCCn1cc(NC(=O)c2ccc(-c3cnn(COP(O)O)c3)o2)c(-c2ccccn2)n1. The van der Waals surface area contributed by atoms with Crippen molar-refractivity contribution in [3.8, 4) is 22.7 Å². The minimum Gasteiger partial charge on any atom is -0.451 e. The summed E-state index contributed by atoms with van der Waals surface area (Å²) in [5, 5.41) is 11.4. The summed E-state index contributed by atoms with van der Waals surface area (Å²) in [7, 11) is -0.870. The van der Waals surface area contributed by atoms with Crippen molar-refractivity contribution >= 4 is 20.2 Å². The first-order chi connectivity index (χ1) is 16.0. The van der Waals surface area contributed by atoms with E-state index in [4.69, 9.17) is 23.5 Å². The zero-order chi connectivity index (χ0) is 23.2. The van der Waals surface area contributed by atoms with Crippen molar-refractivity contribution < 1.29 is 28.3 Å². The Kier molecular flexibility index (Phi) is 7.23. The number of anilines is 1. The van der Waals surface area contributed by atoms with Crippen molar-refractivity contribution in [1.82, 2.24) is 24.5 Å². The van der Waals surface area contributed by atoms with Gasteiger partial charge in [-0.1, -0.05) is 6.07 Å². The van der Waals surface area contributed by atoms with Gasteiger partial charge in [0.1, 0.15) is 18.2 Å². The van der Waals surface area contributed by atoms with Crippen LogP contribution in [0.1, 0.15) is 10.6 Å². The summed E-state index contributed by atoms with van der Waals surface area (Å²) in [5.41, 5.74) is 2.23. The van der Waals surface area contributed by atoms with Crippen LogP contribution >= 0.6 is 8.60 Å². The van der Waals surface area contributed by atoms with Crippen LogP contribution in [0.4, 0.5) is 5.69 Å². The van der Waals surface area contributed by atoms with E-state index in [2.05, 4.69) is 20.5 Å². The van der Waals surface area contributed by atoms with Gasteiger partial charge in [-0.2, -0.15) is 10.2 Å². The first kappa shape index (κ1) is 22.8. The van der Waals surface area contributed by atoms with E-state index < -0.39 is 14.5 Å². The molecule has 0 fully saturated rings. The number of pyridine rings is 1. The number of aromatic nitrogens is 5. The van der Waals surface area contributed by atoms with Crippen molar-refractivity contribution in [3.05, 3.63) is 60.9 Å². The molecule has 172 valence electrons. The zero-order valence-corrected chi connectivity index (χ0v) is 18.4. The zero-order valence-electron chi connectivity index (χ0n) is 17.5. The highest BCUT2D eigenvalue weighted by molar-refractivity contribution is 7.39. The van der Waals surface area contributed by atoms with Gasteiger partial charge in [0.15, 0.2) is 5.76 Å². The average Bonchev–Trinajstić information content (AvgIpc) is 3.56. The number of methoxy groups -OCH3 is 1. The minimum atomic E-state index is -2.48. The lowest BCUT2D eigenvalue weighted by Gasteiger charge is -2.03. The highest BCUT2D eigenvalue weighted by atomic mass is 31.2. The van der Waals surface area contributed by atoms with Crippen molar-refractivity contribution in [1.29, 1.82) is 0 Å². The number of carbonyl (C=O) groups is 1. The minimum absolute atomic E-state index is 0.0971. The fourth-order valence-corrected chi connectivity index (χ4v) is 3.20. The maximum atomic E-state index is 12.9. The van der Waals surface area contributed by atoms with Gasteiger partial charge >= 0.3 is 8.60 Å². The molecule has 0 saturated heterocycles. The highest BCUT2D eigenvalue weighted by Gasteiger charge is 2.19. The van der Waals surface area contributed by atoms with Gasteiger partial charge in [-0.05, 0) is 24.3 Å². The Labute approximate surface area is 189 Å². The van der Waals surface area contributed by atoms with Crippen molar-refractivity contribution in [2.75, 3.05) is 19.0 Å². The van der Waals surface area contributed by atoms with Crippen LogP contribution in [0.5, 0.6) is 0 Å². The number of hydrogen-bond acceptors (Lipinski definition) is 9. The Hall–Kier alpha value is -3.41. The van der Waals surface area contributed by atoms with Gasteiger partial charge in [-0.15, -0.1) is 0 Å². The van der Waals surface area contributed by atoms with Crippen LogP contribution in [-0.4, -0.2) is 54.0 Å². The smallest absolute Gasteiger partial charge is 0.328 e. The monoisotopic (exact) mass is 472 g/mol. The van der Waals surface area contributed by atoms with E-state index in [0.717, 1.165) is 0 Å². The van der Waals surface area contributed by atoms with Crippen LogP contribution in [0.25, 0.3) is 22.7 Å². The molecule has 3 N–H and O–H groups in total. The molecular formula is C20H21N6O6P. The van der Waals surface area contributed by atoms with E-state index in [0.29, 0.717) is 41.6 Å². The Morgan fingerprint density at radius 1 is 1.21 bits per heavy atom. The molecular weight excluding hydrogens is 451 g/mol. The van der Waals surface area contributed by atoms with Crippen LogP contribution in [0, 0.1) is 0 Å². The molecule has 4 aromatic heterocycles. The van der Waals surface area contributed by atoms with Gasteiger partial charge in [0.2, 0.25) is 0 Å². The number of nitrogens with one attached hydrogen (secondary N) is 1. The average molecular weight is 472 g/mol. The summed E-state index contributed by atoms with van der Waals surface area (Å²) < 4.78 is 18.6. The molecule has 0 aliphatic heterocycles. The Morgan fingerprint density at radius 3 is 2.85 bits per heavy atom. The molecule has 0 aromatic carbocycles. The second kappa shape index (κ2) is 10.5. The summed E-state index contributed by atoms with van der Waals surface area (Å²) in [6.45, 7) is 0.852. The fraction of sp³-hybridized carbons (Fsp3) is 0.200. The van der Waals surface area contributed by atoms with Gasteiger partial charge in [-0.3, -0.25) is 19.0 Å². The van der Waals surface area contributed by atoms with E-state index in [1.807, 2.05) is 12.1 Å². The Bertz CT molecular complexity index is 1200. The number of nitrogens with zero attached hydrogens (tertiary/aromatic N) is 5. The van der Waals surface area contributed by atoms with Crippen LogP contribution in [0.15, 0.2) is 59.5 Å². The molecule has 0 aliphatic carbocycles. The van der Waals surface area contributed by atoms with Gasteiger partial charge in [0.25, 0.3) is 5.91 Å². The molecule has 4 rings (SSSR count). The third kappa shape index (κ3) is 5.69. The third-order valence-electron chi connectivity index (χ3n) is 4.49. The van der Waals surface area contributed by atoms with E-state index >= 15 is 0 Å². The predicted octanol–water partition coefficient (Wildman–Crippen LogP) is 2.49. The summed E-state index contributed by atoms with van der Waals surface area (Å²) >= 11 is 0. The second-order valence-corrected chi connectivity index (χ2v) is 7.52. The topological polar surface area (TPSA) is 150 Å². The number of carbonyl (C=O) groups excluding carboxylic acids is 1. The van der Waals surface area contributed by atoms with Crippen LogP contribution in [-0.2, 0) is 22.5 Å². The van der Waals surface area contributed by atoms with E-state index in [-0.39, 0.29) is 12.5 Å². The molecule has 1 amide bonds. The molecule has 0 bridgehead atoms. The van der Waals surface area contributed by atoms with Crippen molar-refractivity contribution in [2.45, 2.75) is 13.3 Å². The van der Waals surface area contributed by atoms with Crippen LogP contribution < -0.4 is 5.32 Å². The number of hydrogen-bond donors (Lipinski definition) is 3. The number of furan rings is 1. The maximum Gasteiger partial charge on any atom is 0.328 e. The number of rotatable bonds is 10. The predicted molar refractivity (Wildman–Crippen MR) is 118 cm³/mol. The standard InChI is InChI=1S/C20H21N6O6P/c1-30-9-8-25-12-16(19(24-25)15-4-2-3-7-21-15)23-20(27)18-6-5-17(32-18)14-10-22-26(11-14)13-31-33(28)29/h2-7,10-12,28-29H,8-9,13H2,1H3,(H,23,27). The van der Waals surface area contributed by atoms with Gasteiger partial charge in [0.05, 0.1) is 36.3 Å². The molecule has 33 heavy (non-hydrogen) atoms. The van der Waals surface area contributed by atoms with Gasteiger partial charge in [-0.25, -0.2) is 4.68 Å². The third-order valence-corrected chi connectivity index (χ3v) is 4.84. The lowest BCUT2D eigenvalue weighted by Crippen LogP contribution is -2.11. The lowest BCUT2D eigenvalue weighted by atomic mass is 10.2. The highest BCUT2D eigenvalue weighted by Crippen LogP contribution is 2.28. The molecule has 4 heterocycles. The molecule has 4 aromatic rings. The fourth-order valence-electron chi connectivity index (χ4n) is 2.98. The van der Waals surface area contributed by atoms with Crippen LogP contribution in [0.3, 0.4) is 0 Å². The Morgan fingerprint density at radius 2 is 2.09 bits per heavy atom. The summed E-state index contributed by atoms with van der Waals surface area (Å²) in [6.07, 6.45) is 6.48. The number of ether oxygens (including phenoxy) is 1. The molecule has 0 radical (unpaired) electrons. The quantitative estimate of drug-likeness (QED) is 0.296. The molecule has 0 spiro atoms. The molecule has 13 heteroatoms. The molecule has 12 nitrogen and oxygen atoms in total. The number of amides is 1. The first-order valence-electron chi connectivity index (χ1n) is 9.76. The van der Waals surface area contributed by atoms with E-state index in [9.17, 15) is 4.79 Å². The summed E-state index contributed by atoms with van der Waals surface area (Å²) in [4.78, 5) is 34.9. The summed E-state index contributed by atoms with van der Waals surface area (Å²) in [5.74, 6) is 0.0638. The van der Waals surface area contributed by atoms with Crippen molar-refractivity contribution in [3.63, 3.8) is 0 Å². The summed E-state index contributed by atoms with van der Waals surface area (Å²) in [6, 6.07) is 8.64. The van der Waals surface area contributed by atoms with Crippen molar-refractivity contribution in [2.24, 2.45) is 0 Å². The molecule has 0 saturated carbocycles. The van der Waals surface area contributed by atoms with E-state index in [1.54, 1.807) is 48.6 Å². The first-order valence-corrected chi connectivity index (χ1v) is 10.9. The normalized spacial score (nSPS) is 11.3. The van der Waals surface area contributed by atoms with Gasteiger partial charge in [0, 0.05) is 25.7 Å². The van der Waals surface area contributed by atoms with Crippen LogP contribution in [0.2, 0.25) is 0 Å². The van der Waals surface area contributed by atoms with E-state index in [1.165, 1.54) is 10.9 Å². The Balaban J connectivity index is 1.51. The molecule has 0 unspecified atom stereocenters. The lowest BCUT2D eigenvalue weighted by molar-refractivity contribution is 0.0997. The molecule has 0 aliphatic rings. The molecule has 0 atom stereocenters.